The molecule has 0 aromatic rings. The van der Waals surface area contributed by atoms with E-state index in [1.54, 1.807) is 6.08 Å². The molecular weight excluding hydrogens is 244 g/mol. The summed E-state index contributed by atoms with van der Waals surface area (Å²) in [6.07, 6.45) is 3.96. The zero-order valence-corrected chi connectivity index (χ0v) is 13.5. The standard InChI is InChI=1S/C14H26O3Si/c1-14(2)12(17-14)8-7-11(9-13(15)16-3)10-18(4,5)6/h9,12H,7-8,10H2,1-6H3/b11-9-. The Kier molecular flexibility index (Phi) is 4.78. The van der Waals surface area contributed by atoms with E-state index in [2.05, 4.69) is 33.5 Å². The molecule has 0 aliphatic carbocycles. The van der Waals surface area contributed by atoms with Crippen molar-refractivity contribution in [2.75, 3.05) is 7.11 Å². The summed E-state index contributed by atoms with van der Waals surface area (Å²) in [5, 5.41) is 0. The van der Waals surface area contributed by atoms with Crippen molar-refractivity contribution in [1.82, 2.24) is 0 Å². The number of carbonyl (C=O) groups is 1. The molecule has 1 unspecified atom stereocenters. The number of hydrogen-bond acceptors (Lipinski definition) is 3. The van der Waals surface area contributed by atoms with Gasteiger partial charge in [0, 0.05) is 14.1 Å². The molecule has 4 heteroatoms. The van der Waals surface area contributed by atoms with Crippen LogP contribution in [0.1, 0.15) is 26.7 Å². The van der Waals surface area contributed by atoms with E-state index in [1.165, 1.54) is 12.7 Å². The lowest BCUT2D eigenvalue weighted by Gasteiger charge is -2.18. The average molecular weight is 270 g/mol. The molecule has 0 bridgehead atoms. The van der Waals surface area contributed by atoms with Crippen molar-refractivity contribution in [2.24, 2.45) is 0 Å². The lowest BCUT2D eigenvalue weighted by Crippen LogP contribution is -2.20. The Morgan fingerprint density at radius 3 is 2.33 bits per heavy atom. The predicted octanol–water partition coefficient (Wildman–Crippen LogP) is 3.38. The van der Waals surface area contributed by atoms with Crippen LogP contribution in [0, 0.1) is 0 Å². The predicted molar refractivity (Wildman–Crippen MR) is 76.4 cm³/mol. The second-order valence-electron chi connectivity index (χ2n) is 6.81. The molecule has 0 aromatic heterocycles. The van der Waals surface area contributed by atoms with Gasteiger partial charge in [0.1, 0.15) is 0 Å². The summed E-state index contributed by atoms with van der Waals surface area (Å²) >= 11 is 0. The molecule has 1 saturated heterocycles. The van der Waals surface area contributed by atoms with Gasteiger partial charge in [-0.1, -0.05) is 25.2 Å². The minimum Gasteiger partial charge on any atom is -0.466 e. The third-order valence-electron chi connectivity index (χ3n) is 3.17. The van der Waals surface area contributed by atoms with Gasteiger partial charge in [-0.25, -0.2) is 4.79 Å². The SMILES string of the molecule is COC(=O)/C=C(/CCC1OC1(C)C)C[Si](C)(C)C. The number of esters is 1. The van der Waals surface area contributed by atoms with E-state index < -0.39 is 8.07 Å². The molecule has 1 fully saturated rings. The first kappa shape index (κ1) is 15.4. The first-order valence-corrected chi connectivity index (χ1v) is 10.3. The van der Waals surface area contributed by atoms with Gasteiger partial charge < -0.3 is 9.47 Å². The van der Waals surface area contributed by atoms with Crippen molar-refractivity contribution >= 4 is 14.0 Å². The summed E-state index contributed by atoms with van der Waals surface area (Å²) in [7, 11) is 0.225. The lowest BCUT2D eigenvalue weighted by molar-refractivity contribution is -0.134. The lowest BCUT2D eigenvalue weighted by atomic mass is 10.0. The quantitative estimate of drug-likeness (QED) is 0.321. The molecule has 3 nitrogen and oxygen atoms in total. The van der Waals surface area contributed by atoms with Crippen LogP contribution in [-0.4, -0.2) is 32.9 Å². The summed E-state index contributed by atoms with van der Waals surface area (Å²) in [6.45, 7) is 11.2. The highest BCUT2D eigenvalue weighted by Gasteiger charge is 2.46. The normalized spacial score (nSPS) is 22.8. The largest absolute Gasteiger partial charge is 0.466 e. The van der Waals surface area contributed by atoms with Gasteiger partial charge in [0.25, 0.3) is 0 Å². The van der Waals surface area contributed by atoms with Crippen LogP contribution in [0.2, 0.25) is 25.7 Å². The number of rotatable bonds is 6. The van der Waals surface area contributed by atoms with E-state index in [0.717, 1.165) is 18.9 Å². The van der Waals surface area contributed by atoms with E-state index in [-0.39, 0.29) is 11.6 Å². The van der Waals surface area contributed by atoms with Crippen LogP contribution in [0.5, 0.6) is 0 Å². The van der Waals surface area contributed by atoms with Gasteiger partial charge in [-0.05, 0) is 32.7 Å². The molecule has 0 saturated carbocycles. The number of epoxide rings is 1. The summed E-state index contributed by atoms with van der Waals surface area (Å²) < 4.78 is 10.3. The Morgan fingerprint density at radius 1 is 1.39 bits per heavy atom. The van der Waals surface area contributed by atoms with Gasteiger partial charge in [-0.3, -0.25) is 0 Å². The number of allylic oxidation sites excluding steroid dienone is 1. The fraction of sp³-hybridized carbons (Fsp3) is 0.786. The Bertz CT molecular complexity index is 339. The third-order valence-corrected chi connectivity index (χ3v) is 4.69. The topological polar surface area (TPSA) is 38.8 Å². The van der Waals surface area contributed by atoms with Crippen LogP contribution in [0.3, 0.4) is 0 Å². The Balaban J connectivity index is 2.55. The van der Waals surface area contributed by atoms with Crippen LogP contribution in [0.25, 0.3) is 0 Å². The minimum atomic E-state index is -1.20. The maximum atomic E-state index is 11.4. The number of hydrogen-bond donors (Lipinski definition) is 0. The Morgan fingerprint density at radius 2 is 1.94 bits per heavy atom. The zero-order chi connectivity index (χ0) is 14.0. The summed E-state index contributed by atoms with van der Waals surface area (Å²) in [5.41, 5.74) is 1.25. The average Bonchev–Trinajstić information content (AvgIpc) is 2.80. The molecular formula is C14H26O3Si. The smallest absolute Gasteiger partial charge is 0.330 e. The van der Waals surface area contributed by atoms with Crippen LogP contribution in [0.15, 0.2) is 11.6 Å². The molecule has 0 N–H and O–H groups in total. The zero-order valence-electron chi connectivity index (χ0n) is 12.5. The van der Waals surface area contributed by atoms with Gasteiger partial charge in [0.05, 0.1) is 18.8 Å². The van der Waals surface area contributed by atoms with Crippen molar-refractivity contribution < 1.29 is 14.3 Å². The van der Waals surface area contributed by atoms with Gasteiger partial charge in [0.2, 0.25) is 0 Å². The molecule has 1 rings (SSSR count). The monoisotopic (exact) mass is 270 g/mol. The third kappa shape index (κ3) is 5.36. The molecule has 0 spiro atoms. The summed E-state index contributed by atoms with van der Waals surface area (Å²) in [5.74, 6) is -0.237. The highest BCUT2D eigenvalue weighted by molar-refractivity contribution is 6.76. The van der Waals surface area contributed by atoms with Crippen molar-refractivity contribution in [3.05, 3.63) is 11.6 Å². The van der Waals surface area contributed by atoms with Crippen molar-refractivity contribution in [3.63, 3.8) is 0 Å². The first-order chi connectivity index (χ1) is 8.14. The molecule has 1 aliphatic rings. The second kappa shape index (κ2) is 5.57. The van der Waals surface area contributed by atoms with Crippen molar-refractivity contribution in [3.8, 4) is 0 Å². The van der Waals surface area contributed by atoms with E-state index in [0.29, 0.717) is 6.10 Å². The van der Waals surface area contributed by atoms with Crippen LogP contribution < -0.4 is 0 Å². The van der Waals surface area contributed by atoms with Gasteiger partial charge in [0.15, 0.2) is 0 Å². The highest BCUT2D eigenvalue weighted by Crippen LogP contribution is 2.39. The minimum absolute atomic E-state index is 0.0372. The van der Waals surface area contributed by atoms with Gasteiger partial charge in [-0.15, -0.1) is 0 Å². The number of ether oxygens (including phenoxy) is 2. The van der Waals surface area contributed by atoms with E-state index in [1.807, 2.05) is 0 Å². The summed E-state index contributed by atoms with van der Waals surface area (Å²) in [4.78, 5) is 11.4. The molecule has 0 aromatic carbocycles. The highest BCUT2D eigenvalue weighted by atomic mass is 28.3. The van der Waals surface area contributed by atoms with E-state index >= 15 is 0 Å². The fourth-order valence-corrected chi connectivity index (χ4v) is 3.82. The van der Waals surface area contributed by atoms with E-state index in [9.17, 15) is 4.79 Å². The van der Waals surface area contributed by atoms with Crippen LogP contribution >= 0.6 is 0 Å². The van der Waals surface area contributed by atoms with Gasteiger partial charge >= 0.3 is 5.97 Å². The molecule has 0 amide bonds. The molecule has 1 heterocycles. The molecule has 1 atom stereocenters. The first-order valence-electron chi connectivity index (χ1n) is 6.59. The van der Waals surface area contributed by atoms with E-state index in [4.69, 9.17) is 9.47 Å². The number of carbonyl (C=O) groups excluding carboxylic acids is 1. The van der Waals surface area contributed by atoms with Crippen LogP contribution in [0.4, 0.5) is 0 Å². The number of methoxy groups -OCH3 is 1. The molecule has 18 heavy (non-hydrogen) atoms. The summed E-state index contributed by atoms with van der Waals surface area (Å²) in [6, 6.07) is 1.05. The molecule has 1 aliphatic heterocycles. The maximum Gasteiger partial charge on any atom is 0.330 e. The maximum absolute atomic E-state index is 11.4. The van der Waals surface area contributed by atoms with Crippen LogP contribution in [-0.2, 0) is 14.3 Å². The Labute approximate surface area is 112 Å². The van der Waals surface area contributed by atoms with Crippen molar-refractivity contribution in [1.29, 1.82) is 0 Å². The van der Waals surface area contributed by atoms with Gasteiger partial charge in [-0.2, -0.15) is 0 Å². The molecule has 0 radical (unpaired) electrons. The second-order valence-corrected chi connectivity index (χ2v) is 12.3. The molecule has 104 valence electrons. The Hall–Kier alpha value is -0.613. The van der Waals surface area contributed by atoms with Crippen molar-refractivity contribution in [2.45, 2.75) is 64.1 Å². The fourth-order valence-electron chi connectivity index (χ4n) is 2.17.